The molecular formula is C22H25N3O6S2. The van der Waals surface area contributed by atoms with Gasteiger partial charge < -0.3 is 13.9 Å². The third-order valence-electron chi connectivity index (χ3n) is 5.53. The van der Waals surface area contributed by atoms with Crippen LogP contribution in [0.5, 0.6) is 5.75 Å². The van der Waals surface area contributed by atoms with Gasteiger partial charge in [-0.3, -0.25) is 0 Å². The van der Waals surface area contributed by atoms with Gasteiger partial charge in [0.15, 0.2) is 6.10 Å². The van der Waals surface area contributed by atoms with Crippen molar-refractivity contribution in [2.75, 3.05) is 13.7 Å². The number of carbonyl (C=O) groups is 1. The molecule has 0 amide bonds. The number of piperidine rings is 1. The molecule has 0 spiro atoms. The van der Waals surface area contributed by atoms with E-state index in [1.807, 2.05) is 24.4 Å². The van der Waals surface area contributed by atoms with Gasteiger partial charge in [0.25, 0.3) is 11.8 Å². The molecule has 2 unspecified atom stereocenters. The van der Waals surface area contributed by atoms with E-state index in [0.717, 1.165) is 24.1 Å². The van der Waals surface area contributed by atoms with Crippen LogP contribution in [-0.2, 0) is 14.8 Å². The first kappa shape index (κ1) is 23.4. The summed E-state index contributed by atoms with van der Waals surface area (Å²) < 4.78 is 44.6. The van der Waals surface area contributed by atoms with Crippen LogP contribution in [0.25, 0.3) is 10.8 Å². The molecule has 11 heteroatoms. The van der Waals surface area contributed by atoms with Crippen LogP contribution in [0, 0.1) is 0 Å². The van der Waals surface area contributed by atoms with Crippen molar-refractivity contribution in [2.45, 2.75) is 50.2 Å². The predicted octanol–water partition coefficient (Wildman–Crippen LogP) is 4.29. The lowest BCUT2D eigenvalue weighted by Gasteiger charge is -2.32. The summed E-state index contributed by atoms with van der Waals surface area (Å²) in [5, 5.41) is 9.84. The average Bonchev–Trinajstić information content (AvgIpc) is 3.51. The molecule has 1 aliphatic heterocycles. The molecule has 0 radical (unpaired) electrons. The van der Waals surface area contributed by atoms with Crippen molar-refractivity contribution in [1.82, 2.24) is 14.5 Å². The van der Waals surface area contributed by atoms with Gasteiger partial charge in [-0.2, -0.15) is 4.31 Å². The molecule has 9 nitrogen and oxygen atoms in total. The fraction of sp³-hybridized carbons (Fsp3) is 0.409. The summed E-state index contributed by atoms with van der Waals surface area (Å²) in [6, 6.07) is 7.82. The van der Waals surface area contributed by atoms with E-state index >= 15 is 0 Å². The quantitative estimate of drug-likeness (QED) is 0.450. The number of sulfonamides is 1. The largest absolute Gasteiger partial charge is 0.495 e. The monoisotopic (exact) mass is 491 g/mol. The Morgan fingerprint density at radius 1 is 1.27 bits per heavy atom. The van der Waals surface area contributed by atoms with Crippen LogP contribution >= 0.6 is 11.3 Å². The maximum absolute atomic E-state index is 13.4. The molecule has 0 saturated carbocycles. The minimum atomic E-state index is -3.85. The van der Waals surface area contributed by atoms with Gasteiger partial charge in [0.05, 0.1) is 17.6 Å². The van der Waals surface area contributed by atoms with Gasteiger partial charge in [0.2, 0.25) is 10.0 Å². The molecular weight excluding hydrogens is 466 g/mol. The lowest BCUT2D eigenvalue weighted by atomic mass is 10.1. The number of esters is 1. The first-order valence-corrected chi connectivity index (χ1v) is 12.9. The molecule has 0 aliphatic carbocycles. The maximum atomic E-state index is 13.4. The van der Waals surface area contributed by atoms with Crippen molar-refractivity contribution < 1.29 is 27.1 Å². The molecule has 2 aromatic heterocycles. The smallest absolute Gasteiger partial charge is 0.338 e. The summed E-state index contributed by atoms with van der Waals surface area (Å²) in [4.78, 5) is 13.6. The second kappa shape index (κ2) is 9.62. The molecule has 1 aliphatic rings. The minimum absolute atomic E-state index is 0.0568. The van der Waals surface area contributed by atoms with Crippen LogP contribution in [0.2, 0.25) is 0 Å². The van der Waals surface area contributed by atoms with E-state index < -0.39 is 22.1 Å². The highest BCUT2D eigenvalue weighted by Crippen LogP contribution is 2.32. The first-order valence-electron chi connectivity index (χ1n) is 10.6. The summed E-state index contributed by atoms with van der Waals surface area (Å²) in [5.74, 6) is -0.0364. The molecule has 0 N–H and O–H groups in total. The third-order valence-corrected chi connectivity index (χ3v) is 8.42. The van der Waals surface area contributed by atoms with Gasteiger partial charge in [0, 0.05) is 12.6 Å². The van der Waals surface area contributed by atoms with Crippen molar-refractivity contribution in [3.63, 3.8) is 0 Å². The summed E-state index contributed by atoms with van der Waals surface area (Å²) in [6.07, 6.45) is 1.75. The number of hydrogen-bond donors (Lipinski definition) is 0. The Morgan fingerprint density at radius 3 is 2.79 bits per heavy atom. The van der Waals surface area contributed by atoms with Crippen LogP contribution < -0.4 is 4.74 Å². The predicted molar refractivity (Wildman–Crippen MR) is 122 cm³/mol. The van der Waals surface area contributed by atoms with E-state index in [9.17, 15) is 13.2 Å². The van der Waals surface area contributed by atoms with Gasteiger partial charge in [-0.1, -0.05) is 12.5 Å². The van der Waals surface area contributed by atoms with Crippen molar-refractivity contribution >= 4 is 27.3 Å². The number of hydrogen-bond acceptors (Lipinski definition) is 9. The zero-order chi connectivity index (χ0) is 23.6. The summed E-state index contributed by atoms with van der Waals surface area (Å²) in [6.45, 7) is 3.93. The number of benzene rings is 1. The number of aromatic nitrogens is 2. The highest BCUT2D eigenvalue weighted by atomic mass is 32.2. The zero-order valence-electron chi connectivity index (χ0n) is 18.6. The van der Waals surface area contributed by atoms with E-state index in [4.69, 9.17) is 13.9 Å². The molecule has 0 bridgehead atoms. The number of methoxy groups -OCH3 is 1. The number of ether oxygens (including phenoxy) is 2. The Morgan fingerprint density at radius 2 is 2.09 bits per heavy atom. The van der Waals surface area contributed by atoms with Crippen LogP contribution in [0.15, 0.2) is 45.0 Å². The Hall–Kier alpha value is -2.76. The van der Waals surface area contributed by atoms with Crippen LogP contribution in [-0.4, -0.2) is 48.6 Å². The zero-order valence-corrected chi connectivity index (χ0v) is 20.2. The molecule has 1 aromatic carbocycles. The van der Waals surface area contributed by atoms with Crippen molar-refractivity contribution in [3.8, 4) is 16.5 Å². The van der Waals surface area contributed by atoms with Gasteiger partial charge in [-0.25, -0.2) is 13.2 Å². The Labute approximate surface area is 196 Å². The SMILES string of the molecule is COc1ccc(C(=O)OC(C)c2nnc(-c3cccs3)o2)cc1S(=O)(=O)N1CCCCC1C. The van der Waals surface area contributed by atoms with Gasteiger partial charge in [-0.15, -0.1) is 21.5 Å². The highest BCUT2D eigenvalue weighted by molar-refractivity contribution is 7.89. The molecule has 3 heterocycles. The normalized spacial score (nSPS) is 18.1. The molecule has 176 valence electrons. The fourth-order valence-electron chi connectivity index (χ4n) is 3.74. The second-order valence-electron chi connectivity index (χ2n) is 7.80. The topological polar surface area (TPSA) is 112 Å². The number of carbonyl (C=O) groups excluding carboxylic acids is 1. The van der Waals surface area contributed by atoms with E-state index in [1.54, 1.807) is 6.92 Å². The Bertz CT molecular complexity index is 1220. The Balaban J connectivity index is 1.56. The van der Waals surface area contributed by atoms with Crippen LogP contribution in [0.3, 0.4) is 0 Å². The van der Waals surface area contributed by atoms with E-state index in [2.05, 4.69) is 10.2 Å². The summed E-state index contributed by atoms with van der Waals surface area (Å²) >= 11 is 1.45. The van der Waals surface area contributed by atoms with Crippen LogP contribution in [0.1, 0.15) is 55.5 Å². The minimum Gasteiger partial charge on any atom is -0.495 e. The van der Waals surface area contributed by atoms with Crippen molar-refractivity contribution in [2.24, 2.45) is 0 Å². The Kier molecular flexibility index (Phi) is 6.82. The molecule has 3 aromatic rings. The van der Waals surface area contributed by atoms with Crippen LogP contribution in [0.4, 0.5) is 0 Å². The highest BCUT2D eigenvalue weighted by Gasteiger charge is 2.34. The summed E-state index contributed by atoms with van der Waals surface area (Å²) in [7, 11) is -2.45. The number of rotatable bonds is 7. The van der Waals surface area contributed by atoms with Gasteiger partial charge in [0.1, 0.15) is 10.6 Å². The van der Waals surface area contributed by atoms with Crippen molar-refractivity contribution in [1.29, 1.82) is 0 Å². The molecule has 4 rings (SSSR count). The lowest BCUT2D eigenvalue weighted by molar-refractivity contribution is 0.0279. The summed E-state index contributed by atoms with van der Waals surface area (Å²) in [5.41, 5.74) is 0.0869. The molecule has 1 fully saturated rings. The maximum Gasteiger partial charge on any atom is 0.338 e. The molecule has 2 atom stereocenters. The van der Waals surface area contributed by atoms with Crippen molar-refractivity contribution in [3.05, 3.63) is 47.2 Å². The number of thiophene rings is 1. The second-order valence-corrected chi connectivity index (χ2v) is 10.6. The first-order chi connectivity index (χ1) is 15.8. The third kappa shape index (κ3) is 4.80. The van der Waals surface area contributed by atoms with E-state index in [-0.39, 0.29) is 28.1 Å². The number of nitrogens with zero attached hydrogens (tertiary/aromatic N) is 3. The standard InChI is InChI=1S/C22H25N3O6S2/c1-14-7-4-5-11-25(14)33(27,28)19-13-16(9-10-17(19)29-3)22(26)30-15(2)20-23-24-21(31-20)18-8-6-12-32-18/h6,8-10,12-15H,4-5,7,11H2,1-3H3. The molecule has 1 saturated heterocycles. The van der Waals surface area contributed by atoms with E-state index in [1.165, 1.54) is 41.0 Å². The molecule has 33 heavy (non-hydrogen) atoms. The van der Waals surface area contributed by atoms with E-state index in [0.29, 0.717) is 12.4 Å². The van der Waals surface area contributed by atoms with Gasteiger partial charge >= 0.3 is 5.97 Å². The fourth-order valence-corrected chi connectivity index (χ4v) is 6.27. The average molecular weight is 492 g/mol. The van der Waals surface area contributed by atoms with Gasteiger partial charge in [-0.05, 0) is 56.3 Å². The lowest BCUT2D eigenvalue weighted by Crippen LogP contribution is -2.42.